The lowest BCUT2D eigenvalue weighted by Crippen LogP contribution is -2.43. The number of rotatable bonds is 11. The number of nitrogens with zero attached hydrogens (tertiary/aromatic N) is 2. The number of alkyl carbamates (subject to hydrolysis) is 1. The summed E-state index contributed by atoms with van der Waals surface area (Å²) < 4.78 is 19.1. The van der Waals surface area contributed by atoms with E-state index in [0.29, 0.717) is 23.3 Å². The molecular weight excluding hydrogens is 454 g/mol. The molecule has 1 atom stereocenters. The van der Waals surface area contributed by atoms with E-state index < -0.39 is 24.1 Å². The van der Waals surface area contributed by atoms with Crippen molar-refractivity contribution in [2.24, 2.45) is 0 Å². The number of ether oxygens (including phenoxy) is 3. The molecule has 0 aliphatic carbocycles. The third-order valence-corrected chi connectivity index (χ3v) is 4.65. The van der Waals surface area contributed by atoms with Crippen molar-refractivity contribution in [2.75, 3.05) is 7.05 Å². The van der Waals surface area contributed by atoms with E-state index in [4.69, 9.17) is 14.2 Å². The van der Waals surface area contributed by atoms with Gasteiger partial charge < -0.3 is 24.4 Å². The number of Topliss-reactive ketones (excluding diaryl/α,β-unsaturated/α-hetero) is 1. The van der Waals surface area contributed by atoms with Gasteiger partial charge in [-0.3, -0.25) is 4.79 Å². The fourth-order valence-corrected chi connectivity index (χ4v) is 3.00. The highest BCUT2D eigenvalue weighted by Gasteiger charge is 2.25. The molecule has 1 N–H and O–H groups in total. The largest absolute Gasteiger partial charge is 0.461 e. The summed E-state index contributed by atoms with van der Waals surface area (Å²) in [5.74, 6) is -1.09. The van der Waals surface area contributed by atoms with E-state index in [-0.39, 0.29) is 31.3 Å². The van der Waals surface area contributed by atoms with Crippen molar-refractivity contribution < 1.29 is 33.4 Å². The number of nitrogens with one attached hydrogen (secondary N) is 1. The molecule has 35 heavy (non-hydrogen) atoms. The van der Waals surface area contributed by atoms with Gasteiger partial charge in [0.15, 0.2) is 0 Å². The van der Waals surface area contributed by atoms with Gasteiger partial charge >= 0.3 is 24.2 Å². The van der Waals surface area contributed by atoms with Crippen LogP contribution >= 0.6 is 0 Å². The maximum absolute atomic E-state index is 12.3. The molecule has 1 heterocycles. The Morgan fingerprint density at radius 3 is 2.54 bits per heavy atom. The van der Waals surface area contributed by atoms with Gasteiger partial charge in [-0.05, 0) is 44.2 Å². The van der Waals surface area contributed by atoms with Crippen molar-refractivity contribution in [1.29, 1.82) is 0 Å². The van der Waals surface area contributed by atoms with Crippen LogP contribution in [0.4, 0.5) is 4.79 Å². The number of hydrogen-bond acceptors (Lipinski definition) is 8. The second-order valence-electron chi connectivity index (χ2n) is 8.02. The van der Waals surface area contributed by atoms with E-state index in [2.05, 4.69) is 16.7 Å². The van der Waals surface area contributed by atoms with Crippen molar-refractivity contribution in [3.63, 3.8) is 0 Å². The summed E-state index contributed by atoms with van der Waals surface area (Å²) in [5.41, 5.74) is 1.17. The minimum atomic E-state index is -1.06. The number of hydrogen-bond donors (Lipinski definition) is 1. The molecule has 1 aromatic rings. The topological polar surface area (TPSA) is 125 Å². The molecule has 1 aliphatic rings. The highest BCUT2D eigenvalue weighted by atomic mass is 16.6. The molecule has 1 aromatic carbocycles. The summed E-state index contributed by atoms with van der Waals surface area (Å²) in [4.78, 5) is 50.2. The average molecular weight is 485 g/mol. The van der Waals surface area contributed by atoms with E-state index >= 15 is 0 Å². The molecule has 186 valence electrons. The lowest BCUT2D eigenvalue weighted by molar-refractivity contribution is -0.150. The minimum Gasteiger partial charge on any atom is -0.461 e. The highest BCUT2D eigenvalue weighted by molar-refractivity contribution is 6.27. The standard InChI is InChI=1S/C25H29N3O7/c1-17(2)34-24(31)22(12-9-20(29)14-26-3)27-25(32)33-16-18-7-10-21(11-8-18)35-23(30)19-6-5-13-28(4)15-19/h5,7-8,10-11,13-15,17,22H,3,6,9,12,16H2,1-2,4H3/p+1/t22-/m0/s1. The van der Waals surface area contributed by atoms with E-state index in [9.17, 15) is 19.2 Å². The minimum absolute atomic E-state index is 0.0214. The van der Waals surface area contributed by atoms with Crippen molar-refractivity contribution in [3.8, 4) is 5.75 Å². The first kappa shape index (κ1) is 27.1. The summed E-state index contributed by atoms with van der Waals surface area (Å²) in [6, 6.07) is 5.43. The molecule has 0 fully saturated rings. The predicted octanol–water partition coefficient (Wildman–Crippen LogP) is 2.06. The summed E-state index contributed by atoms with van der Waals surface area (Å²) >= 11 is 0. The van der Waals surface area contributed by atoms with Crippen molar-refractivity contribution >= 4 is 36.7 Å². The van der Waals surface area contributed by atoms with Crippen LogP contribution in [0, 0.1) is 0 Å². The van der Waals surface area contributed by atoms with Crippen LogP contribution in [0.3, 0.4) is 0 Å². The van der Waals surface area contributed by atoms with Crippen LogP contribution < -0.4 is 14.7 Å². The van der Waals surface area contributed by atoms with Gasteiger partial charge in [0.05, 0.1) is 11.7 Å². The van der Waals surface area contributed by atoms with Crippen LogP contribution in [0.5, 0.6) is 5.75 Å². The molecule has 0 saturated carbocycles. The maximum atomic E-state index is 12.3. The molecule has 2 rings (SSSR count). The number of ketones is 1. The lowest BCUT2D eigenvalue weighted by atomic mass is 10.1. The molecule has 0 unspecified atom stereocenters. The smallest absolute Gasteiger partial charge is 0.408 e. The Balaban J connectivity index is 1.88. The zero-order valence-electron chi connectivity index (χ0n) is 20.1. The van der Waals surface area contributed by atoms with Gasteiger partial charge in [-0.15, -0.1) is 4.67 Å². The van der Waals surface area contributed by atoms with Crippen LogP contribution in [0.2, 0.25) is 0 Å². The number of amides is 1. The van der Waals surface area contributed by atoms with Gasteiger partial charge in [0.25, 0.3) is 6.72 Å². The summed E-state index contributed by atoms with van der Waals surface area (Å²) in [6.45, 7) is 6.48. The second kappa shape index (κ2) is 13.5. The van der Waals surface area contributed by atoms with Crippen LogP contribution in [-0.4, -0.2) is 60.8 Å². The molecule has 1 amide bonds. The molecule has 0 saturated heterocycles. The SMILES string of the molecule is C=[N+]=CC(=O)CC[C@H](NC(=O)OCc1ccc(OC(=O)C2=CN(C)C=CC2)cc1)C(=O)OC(C)C. The summed E-state index contributed by atoms with van der Waals surface area (Å²) in [7, 11) is 1.82. The quantitative estimate of drug-likeness (QED) is 0.219. The van der Waals surface area contributed by atoms with Crippen molar-refractivity contribution in [1.82, 2.24) is 14.9 Å². The molecule has 10 nitrogen and oxygen atoms in total. The lowest BCUT2D eigenvalue weighted by Gasteiger charge is -2.18. The van der Waals surface area contributed by atoms with E-state index in [1.165, 1.54) is 0 Å². The molecule has 0 bridgehead atoms. The molecule has 0 radical (unpaired) electrons. The first-order valence-corrected chi connectivity index (χ1v) is 11.0. The van der Waals surface area contributed by atoms with Gasteiger partial charge in [-0.25, -0.2) is 14.4 Å². The summed E-state index contributed by atoms with van der Waals surface area (Å²) in [5, 5.41) is 2.43. The Labute approximate surface area is 204 Å². The van der Waals surface area contributed by atoms with E-state index in [1.807, 2.05) is 19.3 Å². The number of allylic oxidation sites excluding steroid dienone is 1. The fraction of sp³-hybridized carbons (Fsp3) is 0.360. The maximum Gasteiger partial charge on any atom is 0.408 e. The average Bonchev–Trinajstić information content (AvgIpc) is 2.81. The zero-order valence-corrected chi connectivity index (χ0v) is 20.1. The Kier molecular flexibility index (Phi) is 10.5. The zero-order chi connectivity index (χ0) is 25.8. The number of carbonyl (C=O) groups excluding carboxylic acids is 4. The molecule has 10 heteroatoms. The number of benzene rings is 1. The number of carbonyl (C=O) groups is 4. The van der Waals surface area contributed by atoms with Crippen LogP contribution in [-0.2, 0) is 30.5 Å². The predicted molar refractivity (Wildman–Crippen MR) is 130 cm³/mol. The number of esters is 2. The fourth-order valence-electron chi connectivity index (χ4n) is 3.00. The van der Waals surface area contributed by atoms with Crippen LogP contribution in [0.25, 0.3) is 0 Å². The van der Waals surface area contributed by atoms with Gasteiger partial charge in [0, 0.05) is 26.1 Å². The Bertz CT molecular complexity index is 1040. The Morgan fingerprint density at radius 2 is 1.91 bits per heavy atom. The van der Waals surface area contributed by atoms with Crippen molar-refractivity contribution in [2.45, 2.75) is 51.9 Å². The third-order valence-electron chi connectivity index (χ3n) is 4.65. The third kappa shape index (κ3) is 9.69. The van der Waals surface area contributed by atoms with E-state index in [0.717, 1.165) is 6.21 Å². The first-order chi connectivity index (χ1) is 16.7. The Morgan fingerprint density at radius 1 is 1.20 bits per heavy atom. The molecule has 1 aliphatic heterocycles. The molecule has 0 spiro atoms. The van der Waals surface area contributed by atoms with E-state index in [1.54, 1.807) is 49.2 Å². The van der Waals surface area contributed by atoms with Crippen molar-refractivity contribution in [3.05, 3.63) is 53.9 Å². The first-order valence-electron chi connectivity index (χ1n) is 11.0. The second-order valence-corrected chi connectivity index (χ2v) is 8.02. The van der Waals surface area contributed by atoms with Gasteiger partial charge in [0.2, 0.25) is 5.78 Å². The highest BCUT2D eigenvalue weighted by Crippen LogP contribution is 2.18. The monoisotopic (exact) mass is 484 g/mol. The van der Waals surface area contributed by atoms with Crippen LogP contribution in [0.1, 0.15) is 38.7 Å². The van der Waals surface area contributed by atoms with Crippen LogP contribution in [0.15, 0.2) is 48.3 Å². The van der Waals surface area contributed by atoms with Gasteiger partial charge in [-0.1, -0.05) is 18.2 Å². The van der Waals surface area contributed by atoms with Gasteiger partial charge in [-0.2, -0.15) is 0 Å². The van der Waals surface area contributed by atoms with Gasteiger partial charge in [0.1, 0.15) is 18.4 Å². The normalized spacial score (nSPS) is 13.3. The Hall–Kier alpha value is -4.17. The summed E-state index contributed by atoms with van der Waals surface area (Å²) in [6.07, 6.45) is 5.73. The molecule has 0 aromatic heterocycles. The molecular formula is C25H30N3O7+.